The van der Waals surface area contributed by atoms with Crippen molar-refractivity contribution < 1.29 is 9.90 Å². The van der Waals surface area contributed by atoms with Crippen molar-refractivity contribution in [3.63, 3.8) is 0 Å². The molecule has 0 atom stereocenters. The number of hydrogen-bond donors (Lipinski definition) is 3. The topological polar surface area (TPSA) is 92.0 Å². The van der Waals surface area contributed by atoms with Crippen LogP contribution in [-0.2, 0) is 11.2 Å². The molecule has 0 fully saturated rings. The molecule has 6 heteroatoms. The van der Waals surface area contributed by atoms with Crippen molar-refractivity contribution in [2.75, 3.05) is 5.73 Å². The van der Waals surface area contributed by atoms with E-state index in [9.17, 15) is 4.79 Å². The Labute approximate surface area is 70.7 Å². The number of rotatable bonds is 2. The Hall–Kier alpha value is -1.04. The summed E-state index contributed by atoms with van der Waals surface area (Å²) in [5.41, 5.74) is 5.84. The molecular formula is C5H6BrN3O2. The van der Waals surface area contributed by atoms with Gasteiger partial charge < -0.3 is 10.8 Å². The number of carboxylic acids is 1. The minimum atomic E-state index is -0.932. The van der Waals surface area contributed by atoms with E-state index < -0.39 is 5.97 Å². The van der Waals surface area contributed by atoms with Crippen molar-refractivity contribution in [3.8, 4) is 0 Å². The molecule has 0 saturated carbocycles. The first-order valence-electron chi connectivity index (χ1n) is 2.81. The molecular weight excluding hydrogens is 214 g/mol. The Bertz CT molecular complexity index is 264. The summed E-state index contributed by atoms with van der Waals surface area (Å²) < 4.78 is 0.525. The number of carboxylic acid groups (broad SMARTS) is 1. The van der Waals surface area contributed by atoms with Crippen molar-refractivity contribution >= 4 is 27.7 Å². The number of nitrogens with zero attached hydrogens (tertiary/aromatic N) is 1. The molecule has 1 rings (SSSR count). The van der Waals surface area contributed by atoms with Crippen LogP contribution in [0.4, 0.5) is 5.82 Å². The maximum atomic E-state index is 10.3. The summed E-state index contributed by atoms with van der Waals surface area (Å²) in [6.45, 7) is 0. The molecule has 11 heavy (non-hydrogen) atoms. The Morgan fingerprint density at radius 1 is 1.82 bits per heavy atom. The minimum Gasteiger partial charge on any atom is -0.481 e. The first-order valence-corrected chi connectivity index (χ1v) is 3.60. The second-order valence-corrected chi connectivity index (χ2v) is 2.76. The fourth-order valence-electron chi connectivity index (χ4n) is 0.676. The number of halogens is 1. The van der Waals surface area contributed by atoms with Gasteiger partial charge in [-0.1, -0.05) is 0 Å². The number of aliphatic carboxylic acids is 1. The van der Waals surface area contributed by atoms with E-state index in [1.54, 1.807) is 0 Å². The molecule has 1 aromatic heterocycles. The molecule has 0 aliphatic carbocycles. The van der Waals surface area contributed by atoms with Crippen molar-refractivity contribution in [1.82, 2.24) is 10.2 Å². The molecule has 1 aromatic rings. The van der Waals surface area contributed by atoms with Crippen LogP contribution in [0, 0.1) is 0 Å². The largest absolute Gasteiger partial charge is 0.481 e. The summed E-state index contributed by atoms with van der Waals surface area (Å²) in [5.74, 6) is -0.710. The Kier molecular flexibility index (Phi) is 2.13. The lowest BCUT2D eigenvalue weighted by Gasteiger charge is -1.92. The van der Waals surface area contributed by atoms with Gasteiger partial charge in [-0.2, -0.15) is 5.10 Å². The lowest BCUT2D eigenvalue weighted by atomic mass is 10.2. The maximum absolute atomic E-state index is 10.3. The normalized spacial score (nSPS) is 9.91. The zero-order valence-corrected chi connectivity index (χ0v) is 7.05. The molecule has 0 radical (unpaired) electrons. The van der Waals surface area contributed by atoms with Crippen LogP contribution in [0.5, 0.6) is 0 Å². The number of nitrogen functional groups attached to an aromatic ring is 1. The third-order valence-corrected chi connectivity index (χ3v) is 1.83. The Morgan fingerprint density at radius 3 is 2.82 bits per heavy atom. The van der Waals surface area contributed by atoms with E-state index in [0.717, 1.165) is 0 Å². The van der Waals surface area contributed by atoms with E-state index in [1.165, 1.54) is 0 Å². The molecule has 0 aliphatic heterocycles. The summed E-state index contributed by atoms with van der Waals surface area (Å²) in [7, 11) is 0. The molecule has 0 unspecified atom stereocenters. The standard InChI is InChI=1S/C5H6BrN3O2/c6-4-2(1-3(10)11)5(7)9-8-4/h1H2,(H,10,11)(H3,7,8,9). The molecule has 0 aromatic carbocycles. The molecule has 0 aliphatic rings. The third-order valence-electron chi connectivity index (χ3n) is 1.18. The van der Waals surface area contributed by atoms with E-state index in [-0.39, 0.29) is 12.2 Å². The van der Waals surface area contributed by atoms with Gasteiger partial charge in [0.05, 0.1) is 6.42 Å². The zero-order chi connectivity index (χ0) is 8.43. The van der Waals surface area contributed by atoms with E-state index in [4.69, 9.17) is 10.8 Å². The summed E-state index contributed by atoms with van der Waals surface area (Å²) in [6, 6.07) is 0. The second kappa shape index (κ2) is 2.91. The van der Waals surface area contributed by atoms with Gasteiger partial charge in [-0.05, 0) is 15.9 Å². The molecule has 5 nitrogen and oxygen atoms in total. The minimum absolute atomic E-state index is 0.122. The number of nitrogens with two attached hydrogens (primary N) is 1. The summed E-state index contributed by atoms with van der Waals surface area (Å²) in [6.07, 6.45) is -0.122. The van der Waals surface area contributed by atoms with Crippen molar-refractivity contribution in [3.05, 3.63) is 10.2 Å². The average Bonchev–Trinajstić information content (AvgIpc) is 2.18. The fraction of sp³-hybridized carbons (Fsp3) is 0.200. The summed E-state index contributed by atoms with van der Waals surface area (Å²) >= 11 is 3.08. The lowest BCUT2D eigenvalue weighted by Crippen LogP contribution is -2.02. The monoisotopic (exact) mass is 219 g/mol. The third kappa shape index (κ3) is 1.70. The van der Waals surface area contributed by atoms with E-state index in [1.807, 2.05) is 0 Å². The van der Waals surface area contributed by atoms with Gasteiger partial charge in [0.1, 0.15) is 10.4 Å². The number of anilines is 1. The molecule has 0 spiro atoms. The number of H-pyrrole nitrogens is 1. The zero-order valence-electron chi connectivity index (χ0n) is 5.47. The van der Waals surface area contributed by atoms with Crippen LogP contribution in [0.25, 0.3) is 0 Å². The van der Waals surface area contributed by atoms with Crippen LogP contribution in [0.1, 0.15) is 5.56 Å². The van der Waals surface area contributed by atoms with Crippen molar-refractivity contribution in [2.24, 2.45) is 0 Å². The highest BCUT2D eigenvalue weighted by atomic mass is 79.9. The van der Waals surface area contributed by atoms with Crippen LogP contribution in [0.15, 0.2) is 4.60 Å². The predicted octanol–water partition coefficient (Wildman–Crippen LogP) is 0.382. The molecule has 1 heterocycles. The van der Waals surface area contributed by atoms with Gasteiger partial charge in [-0.3, -0.25) is 9.89 Å². The lowest BCUT2D eigenvalue weighted by molar-refractivity contribution is -0.136. The average molecular weight is 220 g/mol. The quantitative estimate of drug-likeness (QED) is 0.671. The number of nitrogens with one attached hydrogen (secondary N) is 1. The number of aromatic amines is 1. The highest BCUT2D eigenvalue weighted by Crippen LogP contribution is 2.19. The van der Waals surface area contributed by atoms with Gasteiger partial charge in [0.25, 0.3) is 0 Å². The molecule has 4 N–H and O–H groups in total. The van der Waals surface area contributed by atoms with Crippen LogP contribution in [-0.4, -0.2) is 21.3 Å². The molecule has 60 valence electrons. The Balaban J connectivity index is 2.92. The van der Waals surface area contributed by atoms with Crippen molar-refractivity contribution in [1.29, 1.82) is 0 Å². The highest BCUT2D eigenvalue weighted by Gasteiger charge is 2.11. The first kappa shape index (κ1) is 8.06. The number of carbonyl (C=O) groups is 1. The van der Waals surface area contributed by atoms with Gasteiger partial charge >= 0.3 is 5.97 Å². The molecule has 0 saturated heterocycles. The second-order valence-electron chi connectivity index (χ2n) is 1.97. The number of aromatic nitrogens is 2. The van der Waals surface area contributed by atoms with Gasteiger partial charge in [0.15, 0.2) is 0 Å². The maximum Gasteiger partial charge on any atom is 0.308 e. The van der Waals surface area contributed by atoms with Gasteiger partial charge in [0.2, 0.25) is 0 Å². The Morgan fingerprint density at radius 2 is 2.45 bits per heavy atom. The molecule has 0 amide bonds. The van der Waals surface area contributed by atoms with E-state index in [2.05, 4.69) is 26.1 Å². The molecule has 0 bridgehead atoms. The van der Waals surface area contributed by atoms with Crippen LogP contribution in [0.3, 0.4) is 0 Å². The smallest absolute Gasteiger partial charge is 0.308 e. The van der Waals surface area contributed by atoms with Crippen LogP contribution < -0.4 is 5.73 Å². The van der Waals surface area contributed by atoms with Gasteiger partial charge in [-0.15, -0.1) is 0 Å². The number of hydrogen-bond acceptors (Lipinski definition) is 3. The van der Waals surface area contributed by atoms with E-state index >= 15 is 0 Å². The van der Waals surface area contributed by atoms with Crippen molar-refractivity contribution in [2.45, 2.75) is 6.42 Å². The first-order chi connectivity index (χ1) is 5.11. The summed E-state index contributed by atoms with van der Waals surface area (Å²) in [5, 5.41) is 14.5. The summed E-state index contributed by atoms with van der Waals surface area (Å²) in [4.78, 5) is 10.3. The van der Waals surface area contributed by atoms with Crippen LogP contribution >= 0.6 is 15.9 Å². The highest BCUT2D eigenvalue weighted by molar-refractivity contribution is 9.10. The fourth-order valence-corrected chi connectivity index (χ4v) is 1.11. The SMILES string of the molecule is Nc1n[nH]c(Br)c1CC(=O)O. The van der Waals surface area contributed by atoms with Gasteiger partial charge in [-0.25, -0.2) is 0 Å². The predicted molar refractivity (Wildman–Crippen MR) is 42.0 cm³/mol. The van der Waals surface area contributed by atoms with Gasteiger partial charge in [0, 0.05) is 5.56 Å². The van der Waals surface area contributed by atoms with Crippen LogP contribution in [0.2, 0.25) is 0 Å². The van der Waals surface area contributed by atoms with E-state index in [0.29, 0.717) is 10.2 Å².